The molecule has 6 nitrogen and oxygen atoms in total. The maximum atomic E-state index is 9.32. The molecular formula is C40H54N4O2S2+2. The van der Waals surface area contributed by atoms with Gasteiger partial charge in [0.05, 0.1) is 24.7 Å². The Kier molecular flexibility index (Phi) is 15.8. The average Bonchev–Trinajstić information content (AvgIpc) is 3.11. The number of aliphatic hydroxyl groups is 2. The van der Waals surface area contributed by atoms with Crippen LogP contribution in [0.3, 0.4) is 0 Å². The Bertz CT molecular complexity index is 1570. The van der Waals surface area contributed by atoms with Crippen molar-refractivity contribution in [1.29, 1.82) is 0 Å². The number of aromatic nitrogens is 1. The highest BCUT2D eigenvalue weighted by Crippen LogP contribution is 2.23. The van der Waals surface area contributed by atoms with Crippen molar-refractivity contribution in [1.82, 2.24) is 0 Å². The second kappa shape index (κ2) is 20.3. The molecule has 0 fully saturated rings. The standard InChI is InChI=1S/C40H54N4O2S2/c1-5-43(23-27-45)39-13-11-37(33(3)31-39)9-7-35-15-19-41(20-16-35)25-29-47-48-30-26-42-21-17-36(18-22-42)8-10-38-12-14-40(32-34(38)4)44(6-2)24-28-46/h7-17,19-21,31-32,45-46H,5-6,18,22-30H2,1-4H3/q+2. The molecule has 1 aliphatic rings. The third-order valence-electron chi connectivity index (χ3n) is 8.75. The van der Waals surface area contributed by atoms with Crippen molar-refractivity contribution in [2.75, 3.05) is 73.8 Å². The van der Waals surface area contributed by atoms with Crippen LogP contribution in [-0.2, 0) is 6.54 Å². The van der Waals surface area contributed by atoms with Gasteiger partial charge in [0.1, 0.15) is 6.54 Å². The molecule has 2 aromatic carbocycles. The number of pyridine rings is 1. The van der Waals surface area contributed by atoms with Gasteiger partial charge in [-0.05, 0) is 85.4 Å². The molecule has 256 valence electrons. The lowest BCUT2D eigenvalue weighted by atomic mass is 10.0. The van der Waals surface area contributed by atoms with E-state index in [2.05, 4.69) is 144 Å². The number of aliphatic hydroxyl groups excluding tert-OH is 2. The maximum absolute atomic E-state index is 9.32. The minimum absolute atomic E-state index is 0.167. The molecule has 0 spiro atoms. The molecule has 8 heteroatoms. The third kappa shape index (κ3) is 11.7. The first-order chi connectivity index (χ1) is 23.4. The smallest absolute Gasteiger partial charge is 0.169 e. The second-order valence-corrected chi connectivity index (χ2v) is 14.7. The first-order valence-corrected chi connectivity index (χ1v) is 19.7. The lowest BCUT2D eigenvalue weighted by Crippen LogP contribution is -2.33. The number of allylic oxidation sites excluding steroid dienone is 2. The fourth-order valence-corrected chi connectivity index (χ4v) is 7.74. The first-order valence-electron chi connectivity index (χ1n) is 17.2. The quantitative estimate of drug-likeness (QED) is 0.0813. The van der Waals surface area contributed by atoms with E-state index in [1.54, 1.807) is 0 Å². The van der Waals surface area contributed by atoms with Crippen LogP contribution >= 0.6 is 21.6 Å². The van der Waals surface area contributed by atoms with Crippen LogP contribution in [0.5, 0.6) is 0 Å². The average molecular weight is 687 g/mol. The van der Waals surface area contributed by atoms with E-state index in [-0.39, 0.29) is 13.2 Å². The molecule has 1 aromatic heterocycles. The van der Waals surface area contributed by atoms with Crippen LogP contribution in [0.2, 0.25) is 0 Å². The summed E-state index contributed by atoms with van der Waals surface area (Å²) in [6.45, 7) is 15.1. The molecule has 0 radical (unpaired) electrons. The largest absolute Gasteiger partial charge is 0.395 e. The Morgan fingerprint density at radius 3 is 1.79 bits per heavy atom. The third-order valence-corrected chi connectivity index (χ3v) is 11.1. The predicted molar refractivity (Wildman–Crippen MR) is 211 cm³/mol. The van der Waals surface area contributed by atoms with Crippen LogP contribution in [0.1, 0.15) is 48.1 Å². The Morgan fingerprint density at radius 2 is 1.29 bits per heavy atom. The molecule has 0 aliphatic carbocycles. The number of rotatable bonds is 19. The second-order valence-electron chi connectivity index (χ2n) is 12.0. The van der Waals surface area contributed by atoms with Crippen LogP contribution in [0.15, 0.2) is 78.6 Å². The summed E-state index contributed by atoms with van der Waals surface area (Å²) in [4.78, 5) is 4.39. The van der Waals surface area contributed by atoms with Gasteiger partial charge in [-0.2, -0.15) is 0 Å². The minimum atomic E-state index is 0.167. The Morgan fingerprint density at radius 1 is 0.729 bits per heavy atom. The highest BCUT2D eigenvalue weighted by molar-refractivity contribution is 8.76. The van der Waals surface area contributed by atoms with E-state index in [9.17, 15) is 10.2 Å². The molecule has 0 saturated carbocycles. The van der Waals surface area contributed by atoms with Gasteiger partial charge >= 0.3 is 0 Å². The normalized spacial score (nSPS) is 13.3. The monoisotopic (exact) mass is 686 g/mol. The van der Waals surface area contributed by atoms with Crippen molar-refractivity contribution in [2.45, 2.75) is 40.7 Å². The summed E-state index contributed by atoms with van der Waals surface area (Å²) >= 11 is 0. The molecule has 0 atom stereocenters. The summed E-state index contributed by atoms with van der Waals surface area (Å²) < 4.78 is 4.69. The van der Waals surface area contributed by atoms with Crippen LogP contribution in [-0.4, -0.2) is 85.0 Å². The predicted octanol–water partition coefficient (Wildman–Crippen LogP) is 6.91. The molecule has 3 aromatic rings. The van der Waals surface area contributed by atoms with Gasteiger partial charge in [-0.3, -0.25) is 0 Å². The van der Waals surface area contributed by atoms with Crippen LogP contribution in [0, 0.1) is 13.8 Å². The zero-order valence-corrected chi connectivity index (χ0v) is 30.9. The van der Waals surface area contributed by atoms with Crippen LogP contribution in [0.25, 0.3) is 18.2 Å². The van der Waals surface area contributed by atoms with Crippen LogP contribution < -0.4 is 14.4 Å². The molecule has 2 heterocycles. The topological polar surface area (TPSA) is 53.8 Å². The van der Waals surface area contributed by atoms with E-state index < -0.39 is 0 Å². The summed E-state index contributed by atoms with van der Waals surface area (Å²) in [6.07, 6.45) is 18.8. The van der Waals surface area contributed by atoms with Crippen molar-refractivity contribution >= 4 is 57.4 Å². The molecule has 0 amide bonds. The first kappa shape index (κ1) is 37.5. The van der Waals surface area contributed by atoms with Crippen molar-refractivity contribution in [3.63, 3.8) is 0 Å². The van der Waals surface area contributed by atoms with Gasteiger partial charge in [-0.15, -0.1) is 0 Å². The molecule has 0 bridgehead atoms. The van der Waals surface area contributed by atoms with E-state index in [1.165, 1.54) is 39.1 Å². The number of nitrogens with zero attached hydrogens (tertiary/aromatic N) is 4. The number of benzene rings is 2. The summed E-state index contributed by atoms with van der Waals surface area (Å²) in [6, 6.07) is 17.4. The van der Waals surface area contributed by atoms with Gasteiger partial charge in [0.2, 0.25) is 0 Å². The van der Waals surface area contributed by atoms with Crippen LogP contribution in [0.4, 0.5) is 11.4 Å². The highest BCUT2D eigenvalue weighted by atomic mass is 33.1. The van der Waals surface area contributed by atoms with Gasteiger partial charge in [0, 0.05) is 62.2 Å². The lowest BCUT2D eigenvalue weighted by molar-refractivity contribution is -0.692. The van der Waals surface area contributed by atoms with E-state index in [0.29, 0.717) is 13.1 Å². The van der Waals surface area contributed by atoms with E-state index in [1.807, 2.05) is 21.6 Å². The van der Waals surface area contributed by atoms with Crippen molar-refractivity contribution < 1.29 is 19.4 Å². The number of aryl methyl sites for hydroxylation is 3. The van der Waals surface area contributed by atoms with Gasteiger partial charge in [0.25, 0.3) is 0 Å². The zero-order valence-electron chi connectivity index (χ0n) is 29.2. The summed E-state index contributed by atoms with van der Waals surface area (Å²) in [5.41, 5.74) is 9.84. The SMILES string of the molecule is CCN(CCO)c1ccc(/C=C/C2=CC=[N+](CCSSCC[n+]3ccc(/C=C/c4ccc(N(CC)CCO)cc4C)cc3)CC2)c(C)c1. The molecule has 1 aliphatic heterocycles. The van der Waals surface area contributed by atoms with E-state index in [0.717, 1.165) is 56.3 Å². The molecule has 0 unspecified atom stereocenters. The Balaban J connectivity index is 1.15. The highest BCUT2D eigenvalue weighted by Gasteiger charge is 2.11. The fourth-order valence-electron chi connectivity index (χ4n) is 5.75. The number of likely N-dealkylation sites (N-methyl/N-ethyl adjacent to an activating group) is 2. The van der Waals surface area contributed by atoms with Crippen molar-refractivity contribution in [3.8, 4) is 0 Å². The molecular weight excluding hydrogens is 633 g/mol. The van der Waals surface area contributed by atoms with Gasteiger partial charge in [0.15, 0.2) is 31.7 Å². The van der Waals surface area contributed by atoms with E-state index in [4.69, 9.17) is 0 Å². The molecule has 48 heavy (non-hydrogen) atoms. The fraction of sp³-hybridized carbons (Fsp3) is 0.400. The summed E-state index contributed by atoms with van der Waals surface area (Å²) in [5.74, 6) is 2.20. The number of hydrogen-bond acceptors (Lipinski definition) is 6. The minimum Gasteiger partial charge on any atom is -0.395 e. The molecule has 0 saturated heterocycles. The Labute approximate surface area is 296 Å². The van der Waals surface area contributed by atoms with Gasteiger partial charge in [-0.25, -0.2) is 9.14 Å². The molecule has 4 rings (SSSR count). The molecule has 2 N–H and O–H groups in total. The van der Waals surface area contributed by atoms with Gasteiger partial charge < -0.3 is 20.0 Å². The zero-order chi connectivity index (χ0) is 34.1. The number of hydrogen-bond donors (Lipinski definition) is 2. The number of anilines is 2. The van der Waals surface area contributed by atoms with Gasteiger partial charge in [-0.1, -0.05) is 58.0 Å². The lowest BCUT2D eigenvalue weighted by Gasteiger charge is -2.22. The van der Waals surface area contributed by atoms with Crippen molar-refractivity contribution in [2.24, 2.45) is 0 Å². The summed E-state index contributed by atoms with van der Waals surface area (Å²) in [7, 11) is 3.92. The Hall–Kier alpha value is -3.30. The van der Waals surface area contributed by atoms with Crippen molar-refractivity contribution in [3.05, 3.63) is 106 Å². The maximum Gasteiger partial charge on any atom is 0.169 e. The van der Waals surface area contributed by atoms with E-state index >= 15 is 0 Å². The summed E-state index contributed by atoms with van der Waals surface area (Å²) in [5, 5.41) is 18.6.